The Morgan fingerprint density at radius 2 is 1.65 bits per heavy atom. The van der Waals surface area contributed by atoms with Crippen LogP contribution in [-0.2, 0) is 10.0 Å². The van der Waals surface area contributed by atoms with Crippen molar-refractivity contribution in [3.8, 4) is 21.8 Å². The van der Waals surface area contributed by atoms with Gasteiger partial charge in [0, 0.05) is 44.7 Å². The SMILES string of the molecule is CNc1nccc(-c2sc(N3CCC(F)(F)CC3)nc2-c2cccc(NS(=O)(=O)c3c(F)cccc3F)c2F)n1. The predicted octanol–water partition coefficient (Wildman–Crippen LogP) is 5.76. The Bertz CT molecular complexity index is 1650. The van der Waals surface area contributed by atoms with Crippen LogP contribution in [0, 0.1) is 17.5 Å². The van der Waals surface area contributed by atoms with Gasteiger partial charge in [-0.25, -0.2) is 45.3 Å². The number of nitrogens with zero attached hydrogens (tertiary/aromatic N) is 4. The number of thiazole rings is 1. The first kappa shape index (κ1) is 27.7. The molecule has 1 fully saturated rings. The van der Waals surface area contributed by atoms with Crippen LogP contribution >= 0.6 is 11.3 Å². The summed E-state index contributed by atoms with van der Waals surface area (Å²) < 4.78 is 99.4. The summed E-state index contributed by atoms with van der Waals surface area (Å²) in [6.45, 7) is 0.0584. The molecule has 210 valence electrons. The minimum absolute atomic E-state index is 0.0292. The molecule has 0 atom stereocenters. The van der Waals surface area contributed by atoms with E-state index >= 15 is 4.39 Å². The number of rotatable bonds is 7. The topological polar surface area (TPSA) is 100 Å². The van der Waals surface area contributed by atoms with Crippen molar-refractivity contribution in [1.29, 1.82) is 0 Å². The molecule has 0 saturated carbocycles. The second-order valence-corrected chi connectivity index (χ2v) is 11.5. The van der Waals surface area contributed by atoms with Gasteiger partial charge in [0.05, 0.1) is 22.0 Å². The maximum atomic E-state index is 15.9. The molecule has 0 aliphatic carbocycles. The normalized spacial score (nSPS) is 15.2. The van der Waals surface area contributed by atoms with E-state index in [0.29, 0.717) is 15.7 Å². The molecule has 0 spiro atoms. The Morgan fingerprint density at radius 1 is 0.975 bits per heavy atom. The molecule has 0 radical (unpaired) electrons. The predicted molar refractivity (Wildman–Crippen MR) is 142 cm³/mol. The maximum absolute atomic E-state index is 15.9. The summed E-state index contributed by atoms with van der Waals surface area (Å²) in [5.74, 6) is -6.26. The summed E-state index contributed by atoms with van der Waals surface area (Å²) in [6, 6.07) is 7.90. The molecule has 8 nitrogen and oxygen atoms in total. The fourth-order valence-electron chi connectivity index (χ4n) is 4.16. The molecule has 1 aliphatic heterocycles. The second kappa shape index (κ2) is 10.6. The molecular weight excluding hydrogens is 575 g/mol. The standard InChI is InChI=1S/C25H21F5N6O2S2/c1-31-23-32-11-8-18(33-23)21-20(34-24(39-21)36-12-9-25(29,30)10-13-36)14-4-2-7-17(19(14)28)35-40(37,38)22-15(26)5-3-6-16(22)27/h2-8,11,35H,9-10,12-13H2,1H3,(H,31,32,33). The van der Waals surface area contributed by atoms with Crippen LogP contribution in [0.5, 0.6) is 0 Å². The summed E-state index contributed by atoms with van der Waals surface area (Å²) in [6.07, 6.45) is 0.739. The van der Waals surface area contributed by atoms with Crippen LogP contribution in [0.25, 0.3) is 21.8 Å². The number of piperidine rings is 1. The Kier molecular flexibility index (Phi) is 7.35. The zero-order valence-corrected chi connectivity index (χ0v) is 22.4. The third kappa shape index (κ3) is 5.43. The van der Waals surface area contributed by atoms with Crippen LogP contribution in [-0.4, -0.2) is 49.4 Å². The summed E-state index contributed by atoms with van der Waals surface area (Å²) in [7, 11) is -3.25. The molecule has 1 saturated heterocycles. The van der Waals surface area contributed by atoms with Crippen molar-refractivity contribution in [3.05, 3.63) is 66.1 Å². The van der Waals surface area contributed by atoms with Gasteiger partial charge in [0.2, 0.25) is 5.95 Å². The van der Waals surface area contributed by atoms with Gasteiger partial charge in [-0.1, -0.05) is 23.5 Å². The largest absolute Gasteiger partial charge is 0.357 e. The second-order valence-electron chi connectivity index (χ2n) is 8.86. The lowest BCUT2D eigenvalue weighted by Gasteiger charge is -2.31. The van der Waals surface area contributed by atoms with Crippen molar-refractivity contribution < 1.29 is 30.4 Å². The van der Waals surface area contributed by atoms with E-state index in [-0.39, 0.29) is 43.1 Å². The fraction of sp³-hybridized carbons (Fsp3) is 0.240. The third-order valence-electron chi connectivity index (χ3n) is 6.18. The molecule has 0 bridgehead atoms. The van der Waals surface area contributed by atoms with Crippen LogP contribution in [0.4, 0.5) is 38.7 Å². The number of halogens is 5. The molecule has 0 unspecified atom stereocenters. The minimum atomic E-state index is -4.86. The van der Waals surface area contributed by atoms with Crippen molar-refractivity contribution in [2.24, 2.45) is 0 Å². The molecule has 5 rings (SSSR count). The van der Waals surface area contributed by atoms with Gasteiger partial charge in [0.25, 0.3) is 15.9 Å². The zero-order valence-electron chi connectivity index (χ0n) is 20.8. The fourth-order valence-corrected chi connectivity index (χ4v) is 6.46. The van der Waals surface area contributed by atoms with Crippen LogP contribution in [0.15, 0.2) is 53.6 Å². The number of sulfonamides is 1. The molecule has 3 heterocycles. The molecular formula is C25H21F5N6O2S2. The van der Waals surface area contributed by atoms with Crippen LogP contribution in [0.3, 0.4) is 0 Å². The van der Waals surface area contributed by atoms with Crippen molar-refractivity contribution in [2.45, 2.75) is 23.7 Å². The smallest absolute Gasteiger partial charge is 0.267 e. The highest BCUT2D eigenvalue weighted by atomic mass is 32.2. The highest BCUT2D eigenvalue weighted by Gasteiger charge is 2.35. The van der Waals surface area contributed by atoms with E-state index in [1.807, 2.05) is 4.72 Å². The highest BCUT2D eigenvalue weighted by molar-refractivity contribution is 7.92. The number of anilines is 3. The van der Waals surface area contributed by atoms with Gasteiger partial charge in [-0.3, -0.25) is 4.72 Å². The monoisotopic (exact) mass is 596 g/mol. The van der Waals surface area contributed by atoms with Gasteiger partial charge >= 0.3 is 0 Å². The summed E-state index contributed by atoms with van der Waals surface area (Å²) >= 11 is 1.11. The number of hydrogen-bond donors (Lipinski definition) is 2. The summed E-state index contributed by atoms with van der Waals surface area (Å²) in [4.78, 5) is 13.8. The van der Waals surface area contributed by atoms with Crippen LogP contribution < -0.4 is 14.9 Å². The Labute approximate surface area is 230 Å². The molecule has 2 aromatic heterocycles. The molecule has 2 aromatic carbocycles. The molecule has 1 aliphatic rings. The number of hydrogen-bond acceptors (Lipinski definition) is 8. The first-order valence-electron chi connectivity index (χ1n) is 11.9. The van der Waals surface area contributed by atoms with E-state index in [0.717, 1.165) is 35.6 Å². The first-order chi connectivity index (χ1) is 19.0. The number of benzene rings is 2. The van der Waals surface area contributed by atoms with E-state index in [9.17, 15) is 26.0 Å². The summed E-state index contributed by atoms with van der Waals surface area (Å²) in [5, 5.41) is 3.15. The quantitative estimate of drug-likeness (QED) is 0.262. The van der Waals surface area contributed by atoms with Gasteiger partial charge in [0.15, 0.2) is 15.8 Å². The van der Waals surface area contributed by atoms with E-state index < -0.39 is 44.0 Å². The van der Waals surface area contributed by atoms with E-state index in [2.05, 4.69) is 20.3 Å². The lowest BCUT2D eigenvalue weighted by atomic mass is 10.1. The lowest BCUT2D eigenvalue weighted by Crippen LogP contribution is -2.39. The van der Waals surface area contributed by atoms with E-state index in [4.69, 9.17) is 0 Å². The molecule has 40 heavy (non-hydrogen) atoms. The van der Waals surface area contributed by atoms with Gasteiger partial charge in [-0.2, -0.15) is 0 Å². The summed E-state index contributed by atoms with van der Waals surface area (Å²) in [5.41, 5.74) is -0.275. The van der Waals surface area contributed by atoms with Crippen molar-refractivity contribution in [2.75, 3.05) is 35.1 Å². The van der Waals surface area contributed by atoms with Gasteiger partial charge in [-0.05, 0) is 30.3 Å². The highest BCUT2D eigenvalue weighted by Crippen LogP contribution is 2.43. The molecule has 2 N–H and O–H groups in total. The Hall–Kier alpha value is -3.85. The van der Waals surface area contributed by atoms with E-state index in [1.165, 1.54) is 18.3 Å². The van der Waals surface area contributed by atoms with Crippen LogP contribution in [0.2, 0.25) is 0 Å². The Morgan fingerprint density at radius 3 is 2.33 bits per heavy atom. The maximum Gasteiger partial charge on any atom is 0.267 e. The van der Waals surface area contributed by atoms with E-state index in [1.54, 1.807) is 18.0 Å². The molecule has 0 amide bonds. The van der Waals surface area contributed by atoms with Crippen molar-refractivity contribution in [3.63, 3.8) is 0 Å². The zero-order chi connectivity index (χ0) is 28.7. The third-order valence-corrected chi connectivity index (χ3v) is 8.73. The average molecular weight is 597 g/mol. The van der Waals surface area contributed by atoms with Gasteiger partial charge in [-0.15, -0.1) is 0 Å². The van der Waals surface area contributed by atoms with Crippen LogP contribution in [0.1, 0.15) is 12.8 Å². The number of aromatic nitrogens is 3. The minimum Gasteiger partial charge on any atom is -0.357 e. The first-order valence-corrected chi connectivity index (χ1v) is 14.2. The average Bonchev–Trinajstić information content (AvgIpc) is 3.35. The van der Waals surface area contributed by atoms with Gasteiger partial charge < -0.3 is 10.2 Å². The number of alkyl halides is 2. The number of nitrogens with one attached hydrogen (secondary N) is 2. The van der Waals surface area contributed by atoms with Crippen molar-refractivity contribution >= 4 is 38.1 Å². The molecule has 15 heteroatoms. The van der Waals surface area contributed by atoms with Crippen molar-refractivity contribution in [1.82, 2.24) is 15.0 Å². The Balaban J connectivity index is 1.59. The van der Waals surface area contributed by atoms with Gasteiger partial charge in [0.1, 0.15) is 11.6 Å². The molecule has 4 aromatic rings. The lowest BCUT2D eigenvalue weighted by molar-refractivity contribution is -0.0220.